The highest BCUT2D eigenvalue weighted by molar-refractivity contribution is 6.06. The van der Waals surface area contributed by atoms with Crippen LogP contribution < -0.4 is 22.1 Å². The summed E-state index contributed by atoms with van der Waals surface area (Å²) in [5.74, 6) is -0.984. The lowest BCUT2D eigenvalue weighted by atomic mass is 9.92. The van der Waals surface area contributed by atoms with Crippen molar-refractivity contribution < 1.29 is 28.7 Å². The first-order valence-corrected chi connectivity index (χ1v) is 17.0. The molecular weight excluding hydrogens is 699 g/mol. The number of methoxy groups -OCH3 is 2. The van der Waals surface area contributed by atoms with Crippen molar-refractivity contribution >= 4 is 35.3 Å². The van der Waals surface area contributed by atoms with Crippen LogP contribution in [-0.4, -0.2) is 52.9 Å². The lowest BCUT2D eigenvalue weighted by molar-refractivity contribution is 0.0592. The van der Waals surface area contributed by atoms with Gasteiger partial charge < -0.3 is 31.6 Å². The number of nitrogens with two attached hydrogens (primary N) is 2. The van der Waals surface area contributed by atoms with Crippen LogP contribution in [0.15, 0.2) is 128 Å². The molecule has 0 aliphatic rings. The second-order valence-corrected chi connectivity index (χ2v) is 12.1. The van der Waals surface area contributed by atoms with E-state index in [1.165, 1.54) is 20.5 Å². The number of rotatable bonds is 10. The summed E-state index contributed by atoms with van der Waals surface area (Å²) < 4.78 is 9.57. The Morgan fingerprint density at radius 3 is 1.78 bits per heavy atom. The van der Waals surface area contributed by atoms with Crippen LogP contribution in [0.4, 0.5) is 11.5 Å². The van der Waals surface area contributed by atoms with Crippen LogP contribution >= 0.6 is 0 Å². The lowest BCUT2D eigenvalue weighted by Crippen LogP contribution is -2.13. The fourth-order valence-electron chi connectivity index (χ4n) is 5.56. The number of anilines is 2. The van der Waals surface area contributed by atoms with Gasteiger partial charge in [0.05, 0.1) is 25.3 Å². The van der Waals surface area contributed by atoms with Gasteiger partial charge in [0.2, 0.25) is 0 Å². The molecule has 1 atom stereocenters. The first-order valence-electron chi connectivity index (χ1n) is 17.0. The molecule has 1 unspecified atom stereocenters. The highest BCUT2D eigenvalue weighted by Gasteiger charge is 2.16. The summed E-state index contributed by atoms with van der Waals surface area (Å²) in [7, 11) is 2.67. The molecule has 6 aromatic rings. The van der Waals surface area contributed by atoms with Crippen molar-refractivity contribution in [2.45, 2.75) is 19.5 Å². The van der Waals surface area contributed by atoms with Crippen LogP contribution in [0.1, 0.15) is 65.5 Å². The van der Waals surface area contributed by atoms with Gasteiger partial charge >= 0.3 is 11.9 Å². The number of carbonyl (C=O) groups is 4. The summed E-state index contributed by atoms with van der Waals surface area (Å²) in [6.45, 7) is 2.17. The van der Waals surface area contributed by atoms with E-state index in [1.54, 1.807) is 104 Å². The number of aromatic nitrogens is 3. The Hall–Kier alpha value is -7.09. The number of benzene rings is 4. The Labute approximate surface area is 317 Å². The third-order valence-electron chi connectivity index (χ3n) is 8.35. The largest absolute Gasteiger partial charge is 0.465 e. The molecule has 0 spiro atoms. The zero-order valence-electron chi connectivity index (χ0n) is 30.4. The maximum Gasteiger partial charge on any atom is 0.337 e. The molecule has 4 aromatic carbocycles. The second-order valence-electron chi connectivity index (χ2n) is 12.1. The van der Waals surface area contributed by atoms with E-state index in [2.05, 4.69) is 25.6 Å². The SMILES string of the molecule is COC(=O)c1cccc(-c2cc(C(=O)Nc3ccncc3)ccc2C(C)N)c1.COC(=O)c1cccc(-c2cc(C(=O)Nc3ccncn3)ccc2CN)c1. The summed E-state index contributed by atoms with van der Waals surface area (Å²) in [6.07, 6.45) is 6.12. The standard InChI is InChI=1S/C22H21N3O3.C20H18N4O3/c1-14(23)19-7-6-16(21(26)25-18-8-10-24-11-9-18)13-20(19)15-4-3-5-17(12-15)22(27)28-2;1-27-20(26)15-4-2-3-13(9-15)17-10-14(5-6-16(17)11-21)19(25)24-18-7-8-22-12-23-18/h3-14H,23H2,1-2H3,(H,24,25,26);2-10,12H,11,21H2,1H3,(H,22,23,24,25). The van der Waals surface area contributed by atoms with Gasteiger partial charge in [-0.05, 0) is 107 Å². The Kier molecular flexibility index (Phi) is 13.2. The molecule has 0 saturated heterocycles. The predicted octanol–water partition coefficient (Wildman–Crippen LogP) is 6.45. The van der Waals surface area contributed by atoms with Crippen LogP contribution in [-0.2, 0) is 16.0 Å². The van der Waals surface area contributed by atoms with Crippen molar-refractivity contribution in [3.8, 4) is 22.3 Å². The zero-order chi connectivity index (χ0) is 39.3. The molecule has 13 heteroatoms. The van der Waals surface area contributed by atoms with Crippen molar-refractivity contribution in [2.24, 2.45) is 11.5 Å². The summed E-state index contributed by atoms with van der Waals surface area (Å²) in [6, 6.07) is 29.5. The zero-order valence-corrected chi connectivity index (χ0v) is 30.4. The van der Waals surface area contributed by atoms with E-state index in [1.807, 2.05) is 25.1 Å². The van der Waals surface area contributed by atoms with Gasteiger partial charge in [-0.15, -0.1) is 0 Å². The third kappa shape index (κ3) is 10.1. The minimum absolute atomic E-state index is 0.242. The van der Waals surface area contributed by atoms with Crippen molar-refractivity contribution in [2.75, 3.05) is 24.9 Å². The fourth-order valence-corrected chi connectivity index (χ4v) is 5.56. The van der Waals surface area contributed by atoms with Gasteiger partial charge in [-0.3, -0.25) is 14.6 Å². The molecule has 0 fully saturated rings. The summed E-state index contributed by atoms with van der Waals surface area (Å²) in [5, 5.41) is 5.56. The smallest absolute Gasteiger partial charge is 0.337 e. The van der Waals surface area contributed by atoms with Gasteiger partial charge in [0, 0.05) is 48.0 Å². The van der Waals surface area contributed by atoms with E-state index in [0.29, 0.717) is 40.3 Å². The Bertz CT molecular complexity index is 2300. The van der Waals surface area contributed by atoms with E-state index in [-0.39, 0.29) is 17.9 Å². The van der Waals surface area contributed by atoms with E-state index in [9.17, 15) is 19.2 Å². The van der Waals surface area contributed by atoms with Gasteiger partial charge in [0.15, 0.2) is 0 Å². The fraction of sp³-hybridized carbons (Fsp3) is 0.119. The first kappa shape index (κ1) is 39.1. The number of carbonyl (C=O) groups excluding carboxylic acids is 4. The van der Waals surface area contributed by atoms with E-state index < -0.39 is 11.9 Å². The molecule has 278 valence electrons. The van der Waals surface area contributed by atoms with Gasteiger partial charge in [-0.25, -0.2) is 19.6 Å². The highest BCUT2D eigenvalue weighted by Crippen LogP contribution is 2.30. The van der Waals surface area contributed by atoms with Crippen LogP contribution in [0, 0.1) is 0 Å². The van der Waals surface area contributed by atoms with Gasteiger partial charge in [-0.2, -0.15) is 0 Å². The predicted molar refractivity (Wildman–Crippen MR) is 209 cm³/mol. The average Bonchev–Trinajstić information content (AvgIpc) is 3.23. The van der Waals surface area contributed by atoms with Gasteiger partial charge in [0.1, 0.15) is 12.1 Å². The van der Waals surface area contributed by atoms with Crippen molar-refractivity contribution in [3.05, 3.63) is 161 Å². The molecule has 0 saturated carbocycles. The van der Waals surface area contributed by atoms with Gasteiger partial charge in [-0.1, -0.05) is 36.4 Å². The number of ether oxygens (including phenoxy) is 2. The second kappa shape index (κ2) is 18.6. The number of esters is 2. The number of amides is 2. The highest BCUT2D eigenvalue weighted by atomic mass is 16.5. The Morgan fingerprint density at radius 1 is 0.655 bits per heavy atom. The molecule has 0 aliphatic carbocycles. The van der Waals surface area contributed by atoms with Crippen LogP contribution in [0.25, 0.3) is 22.3 Å². The first-order chi connectivity index (χ1) is 26.6. The topological polar surface area (TPSA) is 202 Å². The summed E-state index contributed by atoms with van der Waals surface area (Å²) in [4.78, 5) is 60.6. The molecule has 2 amide bonds. The maximum atomic E-state index is 12.7. The summed E-state index contributed by atoms with van der Waals surface area (Å²) in [5.41, 5.74) is 19.3. The molecule has 6 N–H and O–H groups in total. The van der Waals surface area contributed by atoms with E-state index in [0.717, 1.165) is 33.4 Å². The third-order valence-corrected chi connectivity index (χ3v) is 8.35. The minimum atomic E-state index is -0.427. The van der Waals surface area contributed by atoms with E-state index in [4.69, 9.17) is 20.9 Å². The van der Waals surface area contributed by atoms with Crippen LogP contribution in [0.2, 0.25) is 0 Å². The quantitative estimate of drug-likeness (QED) is 0.113. The number of hydrogen-bond donors (Lipinski definition) is 4. The monoisotopic (exact) mass is 737 g/mol. The summed E-state index contributed by atoms with van der Waals surface area (Å²) >= 11 is 0. The van der Waals surface area contributed by atoms with Crippen molar-refractivity contribution in [1.82, 2.24) is 15.0 Å². The molecular formula is C42H39N7O6. The number of hydrogen-bond acceptors (Lipinski definition) is 11. The van der Waals surface area contributed by atoms with E-state index >= 15 is 0 Å². The minimum Gasteiger partial charge on any atom is -0.465 e. The Morgan fingerprint density at radius 2 is 1.22 bits per heavy atom. The molecule has 0 radical (unpaired) electrons. The lowest BCUT2D eigenvalue weighted by Gasteiger charge is -2.15. The molecule has 55 heavy (non-hydrogen) atoms. The van der Waals surface area contributed by atoms with Crippen molar-refractivity contribution in [1.29, 1.82) is 0 Å². The molecule has 2 aromatic heterocycles. The Balaban J connectivity index is 0.000000211. The molecule has 13 nitrogen and oxygen atoms in total. The normalized spacial score (nSPS) is 10.9. The maximum absolute atomic E-state index is 12.7. The average molecular weight is 738 g/mol. The molecule has 0 aliphatic heterocycles. The van der Waals surface area contributed by atoms with Crippen LogP contribution in [0.5, 0.6) is 0 Å². The number of pyridine rings is 1. The number of nitrogens with zero attached hydrogens (tertiary/aromatic N) is 3. The number of nitrogens with one attached hydrogen (secondary N) is 2. The van der Waals surface area contributed by atoms with Gasteiger partial charge in [0.25, 0.3) is 11.8 Å². The van der Waals surface area contributed by atoms with Crippen LogP contribution in [0.3, 0.4) is 0 Å². The molecule has 0 bridgehead atoms. The molecule has 2 heterocycles. The van der Waals surface area contributed by atoms with Crippen molar-refractivity contribution in [3.63, 3.8) is 0 Å². The molecule has 6 rings (SSSR count).